The molecule has 5 N–H and O–H groups in total. The molecule has 35 heavy (non-hydrogen) atoms. The highest BCUT2D eigenvalue weighted by molar-refractivity contribution is 8.23. The van der Waals surface area contributed by atoms with Crippen LogP contribution in [0.5, 0.6) is 0 Å². The first-order valence-electron chi connectivity index (χ1n) is 11.5. The number of carbonyl (C=O) groups excluding carboxylic acids is 2. The third-order valence-corrected chi connectivity index (χ3v) is 8.25. The summed E-state index contributed by atoms with van der Waals surface area (Å²) in [4.78, 5) is 34.6. The Morgan fingerprint density at radius 1 is 1.23 bits per heavy atom. The number of amides is 3. The van der Waals surface area contributed by atoms with Crippen molar-refractivity contribution in [2.24, 2.45) is 0 Å². The van der Waals surface area contributed by atoms with Gasteiger partial charge in [0.15, 0.2) is 0 Å². The monoisotopic (exact) mass is 499 g/mol. The number of ether oxygens (including phenoxy) is 1. The van der Waals surface area contributed by atoms with E-state index in [9.17, 15) is 18.7 Å². The Kier molecular flexibility index (Phi) is 6.41. The molecule has 0 saturated carbocycles. The molecule has 11 heteroatoms. The molecule has 2 aromatic carbocycles. The van der Waals surface area contributed by atoms with Crippen LogP contribution in [0.25, 0.3) is 11.0 Å². The normalized spacial score (nSPS) is 21.5. The van der Waals surface area contributed by atoms with E-state index in [2.05, 4.69) is 15.0 Å². The summed E-state index contributed by atoms with van der Waals surface area (Å²) in [5.74, 6) is 0.296. The van der Waals surface area contributed by atoms with Gasteiger partial charge in [0, 0.05) is 13.1 Å². The molecular formula is C24H29N5O5S. The van der Waals surface area contributed by atoms with Crippen molar-refractivity contribution >= 4 is 33.7 Å². The second kappa shape index (κ2) is 9.50. The van der Waals surface area contributed by atoms with Crippen LogP contribution in [0.1, 0.15) is 40.2 Å². The lowest BCUT2D eigenvalue weighted by molar-refractivity contribution is -0.118. The first-order chi connectivity index (χ1) is 16.8. The fourth-order valence-corrected chi connectivity index (χ4v) is 6.04. The molecule has 10 nitrogen and oxygen atoms in total. The van der Waals surface area contributed by atoms with Gasteiger partial charge in [0.2, 0.25) is 5.91 Å². The number of hydrogen-bond donors (Lipinski definition) is 5. The van der Waals surface area contributed by atoms with Gasteiger partial charge in [0.05, 0.1) is 36.7 Å². The van der Waals surface area contributed by atoms with E-state index in [1.54, 1.807) is 17.0 Å². The molecule has 186 valence electrons. The van der Waals surface area contributed by atoms with Gasteiger partial charge >= 0.3 is 6.03 Å². The van der Waals surface area contributed by atoms with Crippen LogP contribution in [-0.4, -0.2) is 62.2 Å². The van der Waals surface area contributed by atoms with E-state index in [-0.39, 0.29) is 18.4 Å². The highest BCUT2D eigenvalue weighted by atomic mass is 32.3. The molecule has 2 atom stereocenters. The van der Waals surface area contributed by atoms with Crippen LogP contribution in [-0.2, 0) is 16.0 Å². The van der Waals surface area contributed by atoms with Crippen molar-refractivity contribution in [1.29, 1.82) is 0 Å². The zero-order chi connectivity index (χ0) is 24.6. The van der Waals surface area contributed by atoms with Gasteiger partial charge in [0.25, 0.3) is 0 Å². The zero-order valence-corrected chi connectivity index (χ0v) is 20.2. The predicted octanol–water partition coefficient (Wildman–Crippen LogP) is 3.42. The van der Waals surface area contributed by atoms with Gasteiger partial charge in [0.1, 0.15) is 11.1 Å². The number of fused-ring (bicyclic) bond motifs is 1. The third kappa shape index (κ3) is 4.98. The van der Waals surface area contributed by atoms with Crippen molar-refractivity contribution in [2.45, 2.75) is 31.1 Å². The van der Waals surface area contributed by atoms with E-state index in [0.717, 1.165) is 22.2 Å². The van der Waals surface area contributed by atoms with Crippen molar-refractivity contribution in [3.63, 3.8) is 0 Å². The van der Waals surface area contributed by atoms with E-state index in [0.29, 0.717) is 44.1 Å². The van der Waals surface area contributed by atoms with Gasteiger partial charge in [-0.25, -0.2) is 9.78 Å². The largest absolute Gasteiger partial charge is 0.378 e. The SMILES string of the molecule is Cc1cccc2nc([C@H](Cc3ccc(C4CC(=O)NS4(O)O)cc3)NC(=O)N3CCOCC3)[nH]c12. The molecular weight excluding hydrogens is 470 g/mol. The highest BCUT2D eigenvalue weighted by Crippen LogP contribution is 2.56. The second-order valence-electron chi connectivity index (χ2n) is 8.95. The molecule has 2 aliphatic heterocycles. The fourth-order valence-electron chi connectivity index (χ4n) is 4.56. The Labute approximate surface area is 204 Å². The van der Waals surface area contributed by atoms with Gasteiger partial charge in [-0.15, -0.1) is 10.8 Å². The van der Waals surface area contributed by atoms with E-state index in [1.807, 2.05) is 37.3 Å². The molecule has 0 aliphatic carbocycles. The molecule has 0 spiro atoms. The molecule has 5 rings (SSSR count). The average Bonchev–Trinajstić information content (AvgIpc) is 3.40. The number of imidazole rings is 1. The molecule has 1 unspecified atom stereocenters. The number of nitrogens with one attached hydrogen (secondary N) is 3. The van der Waals surface area contributed by atoms with Crippen molar-refractivity contribution in [3.8, 4) is 0 Å². The van der Waals surface area contributed by atoms with Crippen LogP contribution >= 0.6 is 10.8 Å². The van der Waals surface area contributed by atoms with Crippen LogP contribution in [0, 0.1) is 6.92 Å². The summed E-state index contributed by atoms with van der Waals surface area (Å²) in [6.07, 6.45) is 0.519. The number of carbonyl (C=O) groups is 2. The van der Waals surface area contributed by atoms with Crippen LogP contribution in [0.3, 0.4) is 0 Å². The number of urea groups is 1. The number of nitrogens with zero attached hydrogens (tertiary/aromatic N) is 2. The lowest BCUT2D eigenvalue weighted by Crippen LogP contribution is -2.47. The van der Waals surface area contributed by atoms with Gasteiger partial charge in [-0.2, -0.15) is 0 Å². The van der Waals surface area contributed by atoms with Crippen molar-refractivity contribution in [3.05, 3.63) is 65.0 Å². The van der Waals surface area contributed by atoms with E-state index in [1.165, 1.54) is 0 Å². The Bertz CT molecular complexity index is 1240. The molecule has 1 aromatic heterocycles. The summed E-state index contributed by atoms with van der Waals surface area (Å²) in [6.45, 7) is 4.11. The standard InChI is InChI=1S/C24H29N5O5S/c1-15-3-2-4-18-22(15)27-23(25-18)19(26-24(31)29-9-11-34-12-10-29)13-16-5-7-17(8-6-16)20-14-21(30)28-35(20,32)33/h2-8,19-20,32-33H,9-14H2,1H3,(H,25,27)(H,26,31)(H,28,30)/t19-,20?/m0/s1. The molecule has 0 radical (unpaired) electrons. The number of aryl methyl sites for hydroxylation is 1. The first-order valence-corrected chi connectivity index (χ1v) is 13.2. The lowest BCUT2D eigenvalue weighted by Gasteiger charge is -2.33. The molecule has 2 aliphatic rings. The maximum absolute atomic E-state index is 13.0. The molecule has 2 fully saturated rings. The highest BCUT2D eigenvalue weighted by Gasteiger charge is 2.38. The van der Waals surface area contributed by atoms with Gasteiger partial charge < -0.3 is 19.9 Å². The van der Waals surface area contributed by atoms with Crippen molar-refractivity contribution < 1.29 is 23.4 Å². The summed E-state index contributed by atoms with van der Waals surface area (Å²) >= 11 is 0. The van der Waals surface area contributed by atoms with E-state index < -0.39 is 22.1 Å². The quantitative estimate of drug-likeness (QED) is 0.364. The summed E-state index contributed by atoms with van der Waals surface area (Å²) in [5.41, 5.74) is 4.46. The maximum Gasteiger partial charge on any atom is 0.318 e. The second-order valence-corrected chi connectivity index (χ2v) is 10.9. The number of aromatic nitrogens is 2. The first kappa shape index (κ1) is 23.6. The van der Waals surface area contributed by atoms with Crippen LogP contribution in [0.15, 0.2) is 42.5 Å². The minimum atomic E-state index is -3.20. The fraction of sp³-hybridized carbons (Fsp3) is 0.375. The Morgan fingerprint density at radius 3 is 2.63 bits per heavy atom. The van der Waals surface area contributed by atoms with Gasteiger partial charge in [-0.1, -0.05) is 36.4 Å². The number of para-hydroxylation sites is 1. The smallest absolute Gasteiger partial charge is 0.318 e. The number of morpholine rings is 1. The third-order valence-electron chi connectivity index (χ3n) is 6.49. The number of H-pyrrole nitrogens is 1. The Balaban J connectivity index is 1.39. The maximum atomic E-state index is 13.0. The summed E-state index contributed by atoms with van der Waals surface area (Å²) in [6, 6.07) is 12.7. The molecule has 3 heterocycles. The molecule has 2 saturated heterocycles. The van der Waals surface area contributed by atoms with Crippen LogP contribution < -0.4 is 10.0 Å². The van der Waals surface area contributed by atoms with E-state index in [4.69, 9.17) is 9.72 Å². The number of aromatic amines is 1. The summed E-state index contributed by atoms with van der Waals surface area (Å²) in [5, 5.41) is 2.46. The number of hydrogen-bond acceptors (Lipinski definition) is 6. The number of rotatable bonds is 5. The molecule has 3 aromatic rings. The van der Waals surface area contributed by atoms with Crippen molar-refractivity contribution in [1.82, 2.24) is 24.9 Å². The Hall–Kier alpha value is -3.12. The van der Waals surface area contributed by atoms with Crippen LogP contribution in [0.4, 0.5) is 4.79 Å². The van der Waals surface area contributed by atoms with Crippen molar-refractivity contribution in [2.75, 3.05) is 26.3 Å². The van der Waals surface area contributed by atoms with Gasteiger partial charge in [-0.3, -0.25) is 18.6 Å². The lowest BCUT2D eigenvalue weighted by atomic mass is 10.0. The molecule has 3 amide bonds. The van der Waals surface area contributed by atoms with Gasteiger partial charge in [-0.05, 0) is 36.1 Å². The minimum absolute atomic E-state index is 0.0399. The molecule has 0 bridgehead atoms. The average molecular weight is 500 g/mol. The summed E-state index contributed by atoms with van der Waals surface area (Å²) < 4.78 is 28.0. The minimum Gasteiger partial charge on any atom is -0.378 e. The van der Waals surface area contributed by atoms with E-state index >= 15 is 0 Å². The summed E-state index contributed by atoms with van der Waals surface area (Å²) in [7, 11) is -3.20. The van der Waals surface area contributed by atoms with Crippen LogP contribution in [0.2, 0.25) is 0 Å². The number of benzene rings is 2. The topological polar surface area (TPSA) is 140 Å². The zero-order valence-electron chi connectivity index (χ0n) is 19.4. The predicted molar refractivity (Wildman–Crippen MR) is 133 cm³/mol. The Morgan fingerprint density at radius 2 is 1.97 bits per heavy atom.